The summed E-state index contributed by atoms with van der Waals surface area (Å²) in [4.78, 5) is 3.21. The van der Waals surface area contributed by atoms with Crippen molar-refractivity contribution in [2.24, 2.45) is 0 Å². The summed E-state index contributed by atoms with van der Waals surface area (Å²) in [7, 11) is -3.61. The Morgan fingerprint density at radius 3 is 2.67 bits per heavy atom. The third-order valence-electron chi connectivity index (χ3n) is 4.26. The van der Waals surface area contributed by atoms with Crippen LogP contribution in [0.3, 0.4) is 0 Å². The predicted octanol–water partition coefficient (Wildman–Crippen LogP) is 2.61. The lowest BCUT2D eigenvalue weighted by molar-refractivity contribution is 0.581. The molecule has 0 atom stereocenters. The molecule has 0 fully saturated rings. The molecule has 0 spiro atoms. The van der Waals surface area contributed by atoms with Crippen LogP contribution in [-0.2, 0) is 16.4 Å². The summed E-state index contributed by atoms with van der Waals surface area (Å²) >= 11 is 0. The molecule has 0 aliphatic heterocycles. The Bertz CT molecular complexity index is 1170. The molecule has 4 rings (SSSR count). The summed E-state index contributed by atoms with van der Waals surface area (Å²) in [5.74, 6) is -0.311. The third kappa shape index (κ3) is 3.60. The second-order valence-electron chi connectivity index (χ2n) is 6.03. The molecule has 2 heterocycles. The van der Waals surface area contributed by atoms with Crippen LogP contribution in [0.15, 0.2) is 59.8 Å². The number of hydrogen-bond donors (Lipinski definition) is 3. The highest BCUT2D eigenvalue weighted by Crippen LogP contribution is 2.29. The smallest absolute Gasteiger partial charge is 0.240 e. The average Bonchev–Trinajstić information content (AvgIpc) is 3.31. The maximum atomic E-state index is 13.3. The zero-order chi connectivity index (χ0) is 18.9. The number of aromatic nitrogens is 4. The fourth-order valence-corrected chi connectivity index (χ4v) is 3.93. The van der Waals surface area contributed by atoms with E-state index in [0.717, 1.165) is 16.5 Å². The lowest BCUT2D eigenvalue weighted by Gasteiger charge is -2.07. The number of benzene rings is 2. The van der Waals surface area contributed by atoms with E-state index in [-0.39, 0.29) is 17.3 Å². The zero-order valence-corrected chi connectivity index (χ0v) is 14.9. The maximum Gasteiger partial charge on any atom is 0.240 e. The first kappa shape index (κ1) is 17.4. The van der Waals surface area contributed by atoms with Gasteiger partial charge in [-0.3, -0.25) is 0 Å². The molecule has 0 saturated heterocycles. The Kier molecular flexibility index (Phi) is 4.46. The number of aromatic amines is 2. The van der Waals surface area contributed by atoms with Crippen molar-refractivity contribution in [2.45, 2.75) is 11.3 Å². The van der Waals surface area contributed by atoms with Gasteiger partial charge < -0.3 is 4.98 Å². The highest BCUT2D eigenvalue weighted by atomic mass is 32.2. The lowest BCUT2D eigenvalue weighted by Crippen LogP contribution is -2.26. The van der Waals surface area contributed by atoms with E-state index in [0.29, 0.717) is 17.6 Å². The van der Waals surface area contributed by atoms with Gasteiger partial charge in [0.1, 0.15) is 5.82 Å². The number of nitrogens with one attached hydrogen (secondary N) is 3. The van der Waals surface area contributed by atoms with E-state index in [4.69, 9.17) is 0 Å². The van der Waals surface area contributed by atoms with E-state index in [2.05, 4.69) is 25.1 Å². The van der Waals surface area contributed by atoms with Crippen molar-refractivity contribution in [3.05, 3.63) is 66.4 Å². The monoisotopic (exact) mass is 385 g/mol. The molecule has 7 nitrogen and oxygen atoms in total. The first-order valence-electron chi connectivity index (χ1n) is 8.24. The molecule has 0 saturated carbocycles. The number of H-pyrrole nitrogens is 2. The van der Waals surface area contributed by atoms with E-state index >= 15 is 0 Å². The summed E-state index contributed by atoms with van der Waals surface area (Å²) in [5.41, 5.74) is 3.10. The molecule has 2 aromatic carbocycles. The Morgan fingerprint density at radius 2 is 1.93 bits per heavy atom. The van der Waals surface area contributed by atoms with Gasteiger partial charge in [-0.25, -0.2) is 17.5 Å². The highest BCUT2D eigenvalue weighted by Gasteiger charge is 2.14. The molecule has 4 aromatic rings. The van der Waals surface area contributed by atoms with Crippen LogP contribution < -0.4 is 4.72 Å². The molecule has 9 heteroatoms. The van der Waals surface area contributed by atoms with E-state index in [9.17, 15) is 12.8 Å². The highest BCUT2D eigenvalue weighted by molar-refractivity contribution is 7.89. The van der Waals surface area contributed by atoms with E-state index in [1.807, 2.05) is 0 Å². The van der Waals surface area contributed by atoms with Crippen LogP contribution in [-0.4, -0.2) is 35.4 Å². The Hall–Kier alpha value is -3.04. The van der Waals surface area contributed by atoms with Gasteiger partial charge in [0, 0.05) is 35.6 Å². The summed E-state index contributed by atoms with van der Waals surface area (Å²) in [6, 6.07) is 11.1. The second-order valence-corrected chi connectivity index (χ2v) is 7.79. The van der Waals surface area contributed by atoms with Gasteiger partial charge in [0.05, 0.1) is 16.8 Å². The van der Waals surface area contributed by atoms with Crippen LogP contribution in [0.2, 0.25) is 0 Å². The third-order valence-corrected chi connectivity index (χ3v) is 5.73. The van der Waals surface area contributed by atoms with Crippen LogP contribution in [0.1, 0.15) is 5.69 Å². The maximum absolute atomic E-state index is 13.3. The van der Waals surface area contributed by atoms with Crippen LogP contribution in [0.4, 0.5) is 4.39 Å². The van der Waals surface area contributed by atoms with Crippen molar-refractivity contribution in [3.63, 3.8) is 0 Å². The van der Waals surface area contributed by atoms with Crippen molar-refractivity contribution in [1.29, 1.82) is 0 Å². The molecule has 2 aromatic heterocycles. The fourth-order valence-electron chi connectivity index (χ4n) is 2.89. The van der Waals surface area contributed by atoms with Crippen molar-refractivity contribution in [2.75, 3.05) is 6.54 Å². The molecule has 0 aliphatic rings. The van der Waals surface area contributed by atoms with Gasteiger partial charge in [0.15, 0.2) is 0 Å². The average molecular weight is 385 g/mol. The first-order chi connectivity index (χ1) is 13.0. The van der Waals surface area contributed by atoms with Crippen LogP contribution in [0, 0.1) is 5.82 Å². The Labute approximate surface area is 154 Å². The van der Waals surface area contributed by atoms with Crippen molar-refractivity contribution >= 4 is 20.9 Å². The molecule has 0 bridgehead atoms. The molecular formula is C18H16FN5O2S. The zero-order valence-electron chi connectivity index (χ0n) is 14.1. The molecular weight excluding hydrogens is 369 g/mol. The molecule has 0 aliphatic carbocycles. The molecule has 0 amide bonds. The topological polar surface area (TPSA) is 104 Å². The predicted molar refractivity (Wildman–Crippen MR) is 99.0 cm³/mol. The van der Waals surface area contributed by atoms with E-state index < -0.39 is 10.0 Å². The van der Waals surface area contributed by atoms with Crippen molar-refractivity contribution in [1.82, 2.24) is 25.1 Å². The minimum Gasteiger partial charge on any atom is -0.360 e. The summed E-state index contributed by atoms with van der Waals surface area (Å²) in [5, 5.41) is 10.9. The first-order valence-corrected chi connectivity index (χ1v) is 9.73. The Balaban J connectivity index is 1.52. The number of fused-ring (bicyclic) bond motifs is 1. The number of rotatable bonds is 6. The summed E-state index contributed by atoms with van der Waals surface area (Å²) < 4.78 is 40.7. The SMILES string of the molecule is O=S(=O)(NCCc1cn[nH]n1)c1ccc(-c2c[nH]c3cc(F)ccc23)cc1. The van der Waals surface area contributed by atoms with Crippen LogP contribution in [0.25, 0.3) is 22.0 Å². The molecule has 0 radical (unpaired) electrons. The standard InChI is InChI=1S/C18H16FN5O2S/c19-13-3-6-16-17(11-20-18(16)9-13)12-1-4-15(5-2-12)27(25,26)22-8-7-14-10-21-24-23-14/h1-6,9-11,20,22H,7-8H2,(H,21,23,24). The number of hydrogen-bond acceptors (Lipinski definition) is 4. The van der Waals surface area contributed by atoms with Crippen molar-refractivity contribution < 1.29 is 12.8 Å². The van der Waals surface area contributed by atoms with Gasteiger partial charge in [-0.1, -0.05) is 12.1 Å². The van der Waals surface area contributed by atoms with Crippen LogP contribution >= 0.6 is 0 Å². The van der Waals surface area contributed by atoms with E-state index in [1.54, 1.807) is 42.7 Å². The van der Waals surface area contributed by atoms with Gasteiger partial charge >= 0.3 is 0 Å². The molecule has 3 N–H and O–H groups in total. The normalized spacial score (nSPS) is 11.9. The van der Waals surface area contributed by atoms with E-state index in [1.165, 1.54) is 12.1 Å². The van der Waals surface area contributed by atoms with Gasteiger partial charge in [-0.2, -0.15) is 15.4 Å². The Morgan fingerprint density at radius 1 is 1.11 bits per heavy atom. The number of nitrogens with zero attached hydrogens (tertiary/aromatic N) is 2. The van der Waals surface area contributed by atoms with Crippen molar-refractivity contribution in [3.8, 4) is 11.1 Å². The van der Waals surface area contributed by atoms with Gasteiger partial charge in [-0.15, -0.1) is 0 Å². The largest absolute Gasteiger partial charge is 0.360 e. The minimum absolute atomic E-state index is 0.178. The fraction of sp³-hybridized carbons (Fsp3) is 0.111. The van der Waals surface area contributed by atoms with Gasteiger partial charge in [0.25, 0.3) is 0 Å². The summed E-state index contributed by atoms with van der Waals surface area (Å²) in [6.07, 6.45) is 3.78. The number of halogens is 1. The minimum atomic E-state index is -3.61. The second kappa shape index (κ2) is 6.93. The molecule has 138 valence electrons. The van der Waals surface area contributed by atoms with Gasteiger partial charge in [-0.05, 0) is 35.9 Å². The van der Waals surface area contributed by atoms with Crippen LogP contribution in [0.5, 0.6) is 0 Å². The lowest BCUT2D eigenvalue weighted by atomic mass is 10.1. The summed E-state index contributed by atoms with van der Waals surface area (Å²) in [6.45, 7) is 0.227. The molecule has 0 unspecified atom stereocenters. The number of sulfonamides is 1. The van der Waals surface area contributed by atoms with Gasteiger partial charge in [0.2, 0.25) is 10.0 Å². The molecule has 27 heavy (non-hydrogen) atoms. The quantitative estimate of drug-likeness (QED) is 0.475.